The fraction of sp³-hybridized carbons (Fsp3) is 0.500. The van der Waals surface area contributed by atoms with Gasteiger partial charge in [-0.25, -0.2) is 0 Å². The fourth-order valence-corrected chi connectivity index (χ4v) is 1.79. The lowest BCUT2D eigenvalue weighted by Crippen LogP contribution is -2.39. The molecule has 2 unspecified atom stereocenters. The van der Waals surface area contributed by atoms with Gasteiger partial charge in [-0.2, -0.15) is 0 Å². The summed E-state index contributed by atoms with van der Waals surface area (Å²) < 4.78 is 0. The van der Waals surface area contributed by atoms with E-state index in [2.05, 4.69) is 12.6 Å². The van der Waals surface area contributed by atoms with Crippen LogP contribution in [0, 0.1) is 11.8 Å². The molecule has 0 fully saturated rings. The second-order valence-corrected chi connectivity index (χ2v) is 3.73. The summed E-state index contributed by atoms with van der Waals surface area (Å²) >= 11 is 4.13. The van der Waals surface area contributed by atoms with Gasteiger partial charge in [0.1, 0.15) is 0 Å². The highest BCUT2D eigenvalue weighted by Crippen LogP contribution is 2.30. The van der Waals surface area contributed by atoms with Crippen LogP contribution >= 0.6 is 12.6 Å². The number of thiol groups is 1. The van der Waals surface area contributed by atoms with E-state index in [4.69, 9.17) is 11.5 Å². The van der Waals surface area contributed by atoms with E-state index < -0.39 is 23.7 Å². The van der Waals surface area contributed by atoms with E-state index in [9.17, 15) is 9.59 Å². The Kier molecular flexibility index (Phi) is 2.98. The number of hydrogen-bond acceptors (Lipinski definition) is 3. The molecule has 0 aromatic carbocycles. The number of allylic oxidation sites excluding steroid dienone is 2. The van der Waals surface area contributed by atoms with Gasteiger partial charge in [0.2, 0.25) is 11.8 Å². The van der Waals surface area contributed by atoms with Gasteiger partial charge in [-0.05, 0) is 17.7 Å². The average molecular weight is 200 g/mol. The Morgan fingerprint density at radius 1 is 1.31 bits per heavy atom. The molecule has 0 saturated carbocycles. The van der Waals surface area contributed by atoms with E-state index in [1.165, 1.54) is 0 Å². The Morgan fingerprint density at radius 2 is 1.85 bits per heavy atom. The van der Waals surface area contributed by atoms with Crippen molar-refractivity contribution in [3.63, 3.8) is 0 Å². The summed E-state index contributed by atoms with van der Waals surface area (Å²) in [6.45, 7) is 0. The molecule has 0 saturated heterocycles. The van der Waals surface area contributed by atoms with E-state index in [0.29, 0.717) is 12.8 Å². The predicted molar refractivity (Wildman–Crippen MR) is 51.7 cm³/mol. The van der Waals surface area contributed by atoms with Crippen molar-refractivity contribution in [1.29, 1.82) is 0 Å². The average Bonchev–Trinajstić information content (AvgIpc) is 2.03. The number of nitrogens with two attached hydrogens (primary N) is 2. The van der Waals surface area contributed by atoms with Crippen LogP contribution < -0.4 is 11.5 Å². The maximum atomic E-state index is 11.0. The zero-order valence-electron chi connectivity index (χ0n) is 7.06. The molecule has 1 aliphatic carbocycles. The van der Waals surface area contributed by atoms with Crippen LogP contribution in [-0.2, 0) is 9.59 Å². The molecule has 4 nitrogen and oxygen atoms in total. The molecule has 0 spiro atoms. The van der Waals surface area contributed by atoms with E-state index in [1.54, 1.807) is 6.08 Å². The summed E-state index contributed by atoms with van der Waals surface area (Å²) in [6.07, 6.45) is 2.69. The molecule has 0 aromatic heterocycles. The highest BCUT2D eigenvalue weighted by Gasteiger charge is 2.32. The minimum atomic E-state index is -0.491. The van der Waals surface area contributed by atoms with Gasteiger partial charge < -0.3 is 11.5 Å². The highest BCUT2D eigenvalue weighted by molar-refractivity contribution is 7.84. The van der Waals surface area contributed by atoms with Crippen molar-refractivity contribution in [2.45, 2.75) is 12.8 Å². The number of rotatable bonds is 2. The second kappa shape index (κ2) is 3.83. The second-order valence-electron chi connectivity index (χ2n) is 3.15. The van der Waals surface area contributed by atoms with Gasteiger partial charge in [0.15, 0.2) is 0 Å². The number of carbonyl (C=O) groups excluding carboxylic acids is 2. The van der Waals surface area contributed by atoms with E-state index in [0.717, 1.165) is 4.91 Å². The molecule has 72 valence electrons. The summed E-state index contributed by atoms with van der Waals surface area (Å²) in [6, 6.07) is 0. The molecule has 2 atom stereocenters. The van der Waals surface area contributed by atoms with Crippen LogP contribution in [0.3, 0.4) is 0 Å². The lowest BCUT2D eigenvalue weighted by molar-refractivity contribution is -0.131. The van der Waals surface area contributed by atoms with Gasteiger partial charge in [-0.15, -0.1) is 12.6 Å². The highest BCUT2D eigenvalue weighted by atomic mass is 32.1. The van der Waals surface area contributed by atoms with E-state index >= 15 is 0 Å². The molecule has 0 aromatic rings. The third-order valence-electron chi connectivity index (χ3n) is 2.25. The minimum absolute atomic E-state index is 0.423. The Labute approximate surface area is 81.8 Å². The Balaban J connectivity index is 2.83. The number of carbonyl (C=O) groups is 2. The van der Waals surface area contributed by atoms with Crippen molar-refractivity contribution < 1.29 is 9.59 Å². The fourth-order valence-electron chi connectivity index (χ4n) is 1.49. The van der Waals surface area contributed by atoms with Crippen LogP contribution in [0.2, 0.25) is 0 Å². The van der Waals surface area contributed by atoms with Crippen molar-refractivity contribution in [1.82, 2.24) is 0 Å². The first-order valence-corrected chi connectivity index (χ1v) is 4.43. The third-order valence-corrected chi connectivity index (χ3v) is 2.62. The normalized spacial score (nSPS) is 27.9. The standard InChI is InChI=1S/C8H12N2O2S/c9-7(11)5-2-1-4(13)3-6(5)8(10)12/h1,5-6,13H,2-3H2,(H2,9,11)(H2,10,12). The van der Waals surface area contributed by atoms with Gasteiger partial charge in [0, 0.05) is 0 Å². The molecular formula is C8H12N2O2S. The summed E-state index contributed by atoms with van der Waals surface area (Å²) in [7, 11) is 0. The molecule has 0 radical (unpaired) electrons. The van der Waals surface area contributed by atoms with Gasteiger partial charge >= 0.3 is 0 Å². The van der Waals surface area contributed by atoms with Crippen LogP contribution in [0.4, 0.5) is 0 Å². The van der Waals surface area contributed by atoms with Crippen molar-refractivity contribution in [2.24, 2.45) is 23.3 Å². The van der Waals surface area contributed by atoms with Crippen molar-refractivity contribution in [3.8, 4) is 0 Å². The Hall–Kier alpha value is -0.970. The number of primary amides is 2. The van der Waals surface area contributed by atoms with Gasteiger partial charge in [-0.3, -0.25) is 9.59 Å². The zero-order valence-corrected chi connectivity index (χ0v) is 7.96. The van der Waals surface area contributed by atoms with Gasteiger partial charge in [-0.1, -0.05) is 6.08 Å². The topological polar surface area (TPSA) is 86.2 Å². The van der Waals surface area contributed by atoms with Crippen LogP contribution in [0.15, 0.2) is 11.0 Å². The van der Waals surface area contributed by atoms with Gasteiger partial charge in [0.05, 0.1) is 11.8 Å². The van der Waals surface area contributed by atoms with E-state index in [-0.39, 0.29) is 0 Å². The van der Waals surface area contributed by atoms with Crippen LogP contribution in [0.5, 0.6) is 0 Å². The van der Waals surface area contributed by atoms with Crippen LogP contribution in [0.1, 0.15) is 12.8 Å². The first kappa shape index (κ1) is 10.1. The smallest absolute Gasteiger partial charge is 0.221 e. The largest absolute Gasteiger partial charge is 0.369 e. The molecule has 13 heavy (non-hydrogen) atoms. The van der Waals surface area contributed by atoms with Crippen molar-refractivity contribution >= 4 is 24.4 Å². The molecule has 2 amide bonds. The minimum Gasteiger partial charge on any atom is -0.369 e. The summed E-state index contributed by atoms with van der Waals surface area (Å²) in [4.78, 5) is 22.7. The molecule has 1 aliphatic rings. The first-order valence-electron chi connectivity index (χ1n) is 3.99. The molecule has 5 heteroatoms. The maximum Gasteiger partial charge on any atom is 0.221 e. The molecule has 0 aliphatic heterocycles. The van der Waals surface area contributed by atoms with E-state index in [1.807, 2.05) is 0 Å². The van der Waals surface area contributed by atoms with Crippen molar-refractivity contribution in [2.75, 3.05) is 0 Å². The maximum absolute atomic E-state index is 11.0. The Morgan fingerprint density at radius 3 is 2.31 bits per heavy atom. The predicted octanol–water partition coefficient (Wildman–Crippen LogP) is -0.203. The SMILES string of the molecule is NC(=O)C1CC=C(S)CC1C(N)=O. The zero-order chi connectivity index (χ0) is 10.0. The number of hydrogen-bond donors (Lipinski definition) is 3. The third kappa shape index (κ3) is 2.24. The van der Waals surface area contributed by atoms with Gasteiger partial charge in [0.25, 0.3) is 0 Å². The monoisotopic (exact) mass is 200 g/mol. The molecule has 0 heterocycles. The number of amides is 2. The lowest BCUT2D eigenvalue weighted by atomic mass is 9.82. The lowest BCUT2D eigenvalue weighted by Gasteiger charge is -2.24. The van der Waals surface area contributed by atoms with Crippen molar-refractivity contribution in [3.05, 3.63) is 11.0 Å². The first-order chi connectivity index (χ1) is 6.02. The quantitative estimate of drug-likeness (QED) is 0.539. The Bertz CT molecular complexity index is 275. The summed E-state index contributed by atoms with van der Waals surface area (Å²) in [5.41, 5.74) is 10.3. The summed E-state index contributed by atoms with van der Waals surface area (Å²) in [5.74, 6) is -1.91. The molecule has 4 N–H and O–H groups in total. The van der Waals surface area contributed by atoms with Crippen LogP contribution in [0.25, 0.3) is 0 Å². The van der Waals surface area contributed by atoms with Crippen LogP contribution in [-0.4, -0.2) is 11.8 Å². The summed E-state index contributed by atoms with van der Waals surface area (Å²) in [5, 5.41) is 0. The molecule has 0 bridgehead atoms. The molecule has 1 rings (SSSR count). The molecular weight excluding hydrogens is 188 g/mol.